The van der Waals surface area contributed by atoms with Crippen molar-refractivity contribution in [2.24, 2.45) is 10.4 Å². The SMILES string of the molecule is CN=C(NCC#Cc1ccc(C(F)(F)F)cc1)NCC1(CCOC)CCC1. The van der Waals surface area contributed by atoms with E-state index in [1.807, 2.05) is 0 Å². The van der Waals surface area contributed by atoms with E-state index in [1.165, 1.54) is 31.4 Å². The minimum Gasteiger partial charge on any atom is -0.385 e. The van der Waals surface area contributed by atoms with Crippen LogP contribution in [0, 0.1) is 17.3 Å². The fourth-order valence-corrected chi connectivity index (χ4v) is 3.02. The van der Waals surface area contributed by atoms with Crippen LogP contribution < -0.4 is 10.6 Å². The lowest BCUT2D eigenvalue weighted by Crippen LogP contribution is -2.47. The van der Waals surface area contributed by atoms with E-state index in [0.717, 1.165) is 31.7 Å². The van der Waals surface area contributed by atoms with Gasteiger partial charge in [0.25, 0.3) is 0 Å². The first kappa shape index (κ1) is 21.1. The van der Waals surface area contributed by atoms with Crippen LogP contribution in [0.5, 0.6) is 0 Å². The van der Waals surface area contributed by atoms with Gasteiger partial charge in [0, 0.05) is 32.9 Å². The molecule has 0 atom stereocenters. The van der Waals surface area contributed by atoms with E-state index in [1.54, 1.807) is 14.2 Å². The summed E-state index contributed by atoms with van der Waals surface area (Å²) in [7, 11) is 3.41. The molecule has 1 aliphatic carbocycles. The van der Waals surface area contributed by atoms with E-state index >= 15 is 0 Å². The van der Waals surface area contributed by atoms with Crippen LogP contribution in [0.1, 0.15) is 36.8 Å². The van der Waals surface area contributed by atoms with E-state index in [2.05, 4.69) is 27.5 Å². The molecule has 1 saturated carbocycles. The third kappa shape index (κ3) is 6.47. The van der Waals surface area contributed by atoms with Gasteiger partial charge in [0.05, 0.1) is 12.1 Å². The number of alkyl halides is 3. The molecule has 0 amide bonds. The van der Waals surface area contributed by atoms with Gasteiger partial charge in [-0.3, -0.25) is 4.99 Å². The maximum Gasteiger partial charge on any atom is 0.416 e. The van der Waals surface area contributed by atoms with E-state index in [9.17, 15) is 13.2 Å². The number of ether oxygens (including phenoxy) is 1. The van der Waals surface area contributed by atoms with Crippen LogP contribution in [0.25, 0.3) is 0 Å². The van der Waals surface area contributed by atoms with Gasteiger partial charge >= 0.3 is 6.18 Å². The highest BCUT2D eigenvalue weighted by Gasteiger charge is 2.36. The summed E-state index contributed by atoms with van der Waals surface area (Å²) < 4.78 is 42.8. The van der Waals surface area contributed by atoms with Crippen LogP contribution in [-0.2, 0) is 10.9 Å². The van der Waals surface area contributed by atoms with Crippen LogP contribution in [0.15, 0.2) is 29.3 Å². The second-order valence-electron chi connectivity index (χ2n) is 6.75. The molecule has 0 heterocycles. The summed E-state index contributed by atoms with van der Waals surface area (Å²) in [5, 5.41) is 6.44. The lowest BCUT2D eigenvalue weighted by molar-refractivity contribution is -0.137. The van der Waals surface area contributed by atoms with Gasteiger partial charge in [-0.05, 0) is 48.9 Å². The number of halogens is 3. The highest BCUT2D eigenvalue weighted by atomic mass is 19.4. The Hall–Kier alpha value is -2.20. The number of nitrogens with zero attached hydrogens (tertiary/aromatic N) is 1. The smallest absolute Gasteiger partial charge is 0.385 e. The number of benzene rings is 1. The normalized spacial score (nSPS) is 16.1. The molecule has 2 N–H and O–H groups in total. The summed E-state index contributed by atoms with van der Waals surface area (Å²) in [5.74, 6) is 6.41. The molecule has 0 spiro atoms. The van der Waals surface area contributed by atoms with Gasteiger partial charge in [-0.2, -0.15) is 13.2 Å². The number of hydrogen-bond acceptors (Lipinski definition) is 2. The monoisotopic (exact) mass is 381 g/mol. The van der Waals surface area contributed by atoms with Crippen molar-refractivity contribution in [3.63, 3.8) is 0 Å². The lowest BCUT2D eigenvalue weighted by Gasteiger charge is -2.42. The Morgan fingerprint density at radius 2 is 1.93 bits per heavy atom. The second kappa shape index (κ2) is 9.65. The number of hydrogen-bond donors (Lipinski definition) is 2. The maximum atomic E-state index is 12.5. The zero-order valence-corrected chi connectivity index (χ0v) is 15.7. The molecular formula is C20H26F3N3O. The van der Waals surface area contributed by atoms with Gasteiger partial charge in [-0.1, -0.05) is 18.3 Å². The highest BCUT2D eigenvalue weighted by molar-refractivity contribution is 5.79. The first-order valence-corrected chi connectivity index (χ1v) is 8.98. The van der Waals surface area contributed by atoms with E-state index in [-0.39, 0.29) is 5.41 Å². The highest BCUT2D eigenvalue weighted by Crippen LogP contribution is 2.43. The Morgan fingerprint density at radius 1 is 1.22 bits per heavy atom. The van der Waals surface area contributed by atoms with Crippen LogP contribution in [0.4, 0.5) is 13.2 Å². The molecule has 1 fully saturated rings. The summed E-state index contributed by atoms with van der Waals surface area (Å²) in [4.78, 5) is 4.18. The van der Waals surface area contributed by atoms with Gasteiger partial charge in [0.2, 0.25) is 0 Å². The van der Waals surface area contributed by atoms with Crippen LogP contribution in [0.2, 0.25) is 0 Å². The molecule has 148 valence electrons. The average molecular weight is 381 g/mol. The first-order chi connectivity index (χ1) is 12.9. The van der Waals surface area contributed by atoms with Crippen LogP contribution in [0.3, 0.4) is 0 Å². The summed E-state index contributed by atoms with van der Waals surface area (Å²) in [6, 6.07) is 4.82. The fraction of sp³-hybridized carbons (Fsp3) is 0.550. The molecule has 7 heteroatoms. The third-order valence-corrected chi connectivity index (χ3v) is 4.89. The zero-order chi connectivity index (χ0) is 19.8. The molecule has 0 unspecified atom stereocenters. The number of rotatable bonds is 6. The van der Waals surface area contributed by atoms with Gasteiger partial charge in [0.15, 0.2) is 5.96 Å². The molecule has 0 bridgehead atoms. The summed E-state index contributed by atoms with van der Waals surface area (Å²) in [5.41, 5.74) is 0.148. The number of methoxy groups -OCH3 is 1. The predicted molar refractivity (Wildman–Crippen MR) is 100 cm³/mol. The Kier molecular flexibility index (Phi) is 7.55. The van der Waals surface area contributed by atoms with Crippen molar-refractivity contribution >= 4 is 5.96 Å². The topological polar surface area (TPSA) is 45.7 Å². The molecule has 27 heavy (non-hydrogen) atoms. The minimum atomic E-state index is -4.33. The summed E-state index contributed by atoms with van der Waals surface area (Å²) in [6.45, 7) is 1.94. The maximum absolute atomic E-state index is 12.5. The summed E-state index contributed by atoms with van der Waals surface area (Å²) in [6.07, 6.45) is 0.326. The van der Waals surface area contributed by atoms with Crippen molar-refractivity contribution in [3.8, 4) is 11.8 Å². The zero-order valence-electron chi connectivity index (χ0n) is 15.7. The van der Waals surface area contributed by atoms with Gasteiger partial charge in [-0.25, -0.2) is 0 Å². The Labute approximate surface area is 158 Å². The molecule has 4 nitrogen and oxygen atoms in total. The van der Waals surface area contributed by atoms with Gasteiger partial charge in [-0.15, -0.1) is 0 Å². The second-order valence-corrected chi connectivity index (χ2v) is 6.75. The first-order valence-electron chi connectivity index (χ1n) is 8.98. The van der Waals surface area contributed by atoms with Crippen LogP contribution >= 0.6 is 0 Å². The van der Waals surface area contributed by atoms with E-state index in [4.69, 9.17) is 4.74 Å². The Morgan fingerprint density at radius 3 is 2.44 bits per heavy atom. The minimum absolute atomic E-state index is 0.277. The molecule has 1 aromatic rings. The number of nitrogens with one attached hydrogen (secondary N) is 2. The lowest BCUT2D eigenvalue weighted by atomic mass is 9.67. The fourth-order valence-electron chi connectivity index (χ4n) is 3.02. The molecular weight excluding hydrogens is 355 g/mol. The molecule has 1 aliphatic rings. The predicted octanol–water partition coefficient (Wildman–Crippen LogP) is 3.43. The van der Waals surface area contributed by atoms with Crippen molar-refractivity contribution in [2.45, 2.75) is 31.9 Å². The Bertz CT molecular complexity index is 683. The number of guanidine groups is 1. The quantitative estimate of drug-likeness (QED) is 0.451. The summed E-state index contributed by atoms with van der Waals surface area (Å²) >= 11 is 0. The molecule has 0 saturated heterocycles. The standard InChI is InChI=1S/C20H26F3N3O/c1-24-18(26-15-19(10-4-11-19)12-14-27-2)25-13-3-5-16-6-8-17(9-7-16)20(21,22)23/h6-9H,4,10-15H2,1-2H3,(H2,24,25,26). The van der Waals surface area contributed by atoms with E-state index < -0.39 is 11.7 Å². The van der Waals surface area contributed by atoms with Crippen molar-refractivity contribution in [3.05, 3.63) is 35.4 Å². The van der Waals surface area contributed by atoms with Crippen molar-refractivity contribution in [1.29, 1.82) is 0 Å². The molecule has 0 aromatic heterocycles. The average Bonchev–Trinajstić information content (AvgIpc) is 2.61. The van der Waals surface area contributed by atoms with Gasteiger partial charge < -0.3 is 15.4 Å². The molecule has 0 radical (unpaired) electrons. The van der Waals surface area contributed by atoms with Crippen molar-refractivity contribution < 1.29 is 17.9 Å². The van der Waals surface area contributed by atoms with Gasteiger partial charge in [0.1, 0.15) is 0 Å². The molecule has 1 aromatic carbocycles. The Balaban J connectivity index is 1.79. The number of aliphatic imine (C=N–C) groups is 1. The molecule has 0 aliphatic heterocycles. The van der Waals surface area contributed by atoms with Crippen molar-refractivity contribution in [2.75, 3.05) is 33.9 Å². The largest absolute Gasteiger partial charge is 0.416 e. The van der Waals surface area contributed by atoms with Crippen molar-refractivity contribution in [1.82, 2.24) is 10.6 Å². The third-order valence-electron chi connectivity index (χ3n) is 4.89. The molecule has 2 rings (SSSR count). The van der Waals surface area contributed by atoms with E-state index in [0.29, 0.717) is 18.1 Å². The van der Waals surface area contributed by atoms with Crippen LogP contribution in [-0.4, -0.2) is 39.8 Å².